The van der Waals surface area contributed by atoms with Crippen molar-refractivity contribution >= 4 is 0 Å². The van der Waals surface area contributed by atoms with Gasteiger partial charge in [-0.25, -0.2) is 4.39 Å². The standard InChI is InChI=1S/C15H23FN2O/c1-11(2)15(18-8-6-17-7-9-18)13-10-12(16)4-5-14(13)19-3/h4-5,10-11,15,17H,6-9H2,1-3H3. The summed E-state index contributed by atoms with van der Waals surface area (Å²) in [4.78, 5) is 2.42. The molecule has 0 bridgehead atoms. The van der Waals surface area contributed by atoms with E-state index in [0.29, 0.717) is 5.92 Å². The van der Waals surface area contributed by atoms with Crippen molar-refractivity contribution in [2.45, 2.75) is 19.9 Å². The molecule has 4 heteroatoms. The Balaban J connectivity index is 2.34. The molecule has 1 fully saturated rings. The molecule has 0 spiro atoms. The summed E-state index contributed by atoms with van der Waals surface area (Å²) in [6.07, 6.45) is 0. The highest BCUT2D eigenvalue weighted by Crippen LogP contribution is 2.35. The largest absolute Gasteiger partial charge is 0.496 e. The number of rotatable bonds is 4. The highest BCUT2D eigenvalue weighted by atomic mass is 19.1. The monoisotopic (exact) mass is 266 g/mol. The highest BCUT2D eigenvalue weighted by Gasteiger charge is 2.27. The molecule has 1 saturated heterocycles. The van der Waals surface area contributed by atoms with Crippen LogP contribution in [0.1, 0.15) is 25.5 Å². The van der Waals surface area contributed by atoms with Crippen LogP contribution in [0.2, 0.25) is 0 Å². The van der Waals surface area contributed by atoms with Gasteiger partial charge >= 0.3 is 0 Å². The molecule has 19 heavy (non-hydrogen) atoms. The summed E-state index contributed by atoms with van der Waals surface area (Å²) >= 11 is 0. The van der Waals surface area contributed by atoms with Crippen molar-refractivity contribution < 1.29 is 9.13 Å². The van der Waals surface area contributed by atoms with Gasteiger partial charge in [0.1, 0.15) is 11.6 Å². The number of hydrogen-bond donors (Lipinski definition) is 1. The summed E-state index contributed by atoms with van der Waals surface area (Å²) in [7, 11) is 1.64. The zero-order chi connectivity index (χ0) is 13.8. The first-order chi connectivity index (χ1) is 9.13. The van der Waals surface area contributed by atoms with E-state index in [1.807, 2.05) is 0 Å². The van der Waals surface area contributed by atoms with Gasteiger partial charge in [-0.2, -0.15) is 0 Å². The van der Waals surface area contributed by atoms with E-state index < -0.39 is 0 Å². The van der Waals surface area contributed by atoms with E-state index in [4.69, 9.17) is 4.74 Å². The van der Waals surface area contributed by atoms with Crippen LogP contribution in [-0.2, 0) is 0 Å². The van der Waals surface area contributed by atoms with E-state index >= 15 is 0 Å². The molecule has 0 saturated carbocycles. The minimum atomic E-state index is -0.198. The number of methoxy groups -OCH3 is 1. The molecule has 1 aromatic carbocycles. The number of piperazine rings is 1. The van der Waals surface area contributed by atoms with Crippen LogP contribution in [0.15, 0.2) is 18.2 Å². The quantitative estimate of drug-likeness (QED) is 0.906. The smallest absolute Gasteiger partial charge is 0.123 e. The van der Waals surface area contributed by atoms with Gasteiger partial charge < -0.3 is 10.1 Å². The predicted octanol–water partition coefficient (Wildman–Crippen LogP) is 2.44. The second-order valence-corrected chi connectivity index (χ2v) is 5.36. The molecule has 1 N–H and O–H groups in total. The third-order valence-electron chi connectivity index (χ3n) is 3.69. The number of halogens is 1. The van der Waals surface area contributed by atoms with Crippen LogP contribution in [0.25, 0.3) is 0 Å². The lowest BCUT2D eigenvalue weighted by Gasteiger charge is -2.38. The van der Waals surface area contributed by atoms with Gasteiger partial charge in [-0.05, 0) is 24.1 Å². The SMILES string of the molecule is COc1ccc(F)cc1C(C(C)C)N1CCNCC1. The first kappa shape index (κ1) is 14.3. The summed E-state index contributed by atoms with van der Waals surface area (Å²) in [5.41, 5.74) is 0.958. The van der Waals surface area contributed by atoms with Crippen LogP contribution >= 0.6 is 0 Å². The maximum atomic E-state index is 13.6. The van der Waals surface area contributed by atoms with Crippen LogP contribution in [0, 0.1) is 11.7 Å². The van der Waals surface area contributed by atoms with Crippen molar-refractivity contribution in [1.29, 1.82) is 0 Å². The van der Waals surface area contributed by atoms with Gasteiger partial charge in [0.05, 0.1) is 7.11 Å². The molecule has 0 amide bonds. The average molecular weight is 266 g/mol. The number of nitrogens with zero attached hydrogens (tertiary/aromatic N) is 1. The van der Waals surface area contributed by atoms with Crippen molar-refractivity contribution in [3.8, 4) is 5.75 Å². The molecule has 2 rings (SSSR count). The van der Waals surface area contributed by atoms with E-state index in [0.717, 1.165) is 37.5 Å². The Hall–Kier alpha value is -1.13. The van der Waals surface area contributed by atoms with Crippen molar-refractivity contribution in [2.24, 2.45) is 5.92 Å². The van der Waals surface area contributed by atoms with Gasteiger partial charge in [-0.15, -0.1) is 0 Å². The Labute approximate surface area is 114 Å². The maximum absolute atomic E-state index is 13.6. The Morgan fingerprint density at radius 2 is 1.95 bits per heavy atom. The molecule has 106 valence electrons. The van der Waals surface area contributed by atoms with E-state index in [-0.39, 0.29) is 11.9 Å². The van der Waals surface area contributed by atoms with Gasteiger partial charge in [0.25, 0.3) is 0 Å². The Morgan fingerprint density at radius 3 is 2.53 bits per heavy atom. The van der Waals surface area contributed by atoms with Crippen molar-refractivity contribution in [2.75, 3.05) is 33.3 Å². The summed E-state index contributed by atoms with van der Waals surface area (Å²) in [6, 6.07) is 5.00. The molecular weight excluding hydrogens is 243 g/mol. The number of hydrogen-bond acceptors (Lipinski definition) is 3. The summed E-state index contributed by atoms with van der Waals surface area (Å²) in [5.74, 6) is 0.990. The number of benzene rings is 1. The molecule has 0 radical (unpaired) electrons. The average Bonchev–Trinajstić information content (AvgIpc) is 2.40. The fourth-order valence-corrected chi connectivity index (χ4v) is 2.87. The van der Waals surface area contributed by atoms with E-state index in [2.05, 4.69) is 24.1 Å². The maximum Gasteiger partial charge on any atom is 0.123 e. The van der Waals surface area contributed by atoms with Crippen LogP contribution in [0.5, 0.6) is 5.75 Å². The molecule has 1 heterocycles. The van der Waals surface area contributed by atoms with Crippen LogP contribution < -0.4 is 10.1 Å². The molecule has 3 nitrogen and oxygen atoms in total. The first-order valence-electron chi connectivity index (χ1n) is 6.91. The second-order valence-electron chi connectivity index (χ2n) is 5.36. The lowest BCUT2D eigenvalue weighted by atomic mass is 9.93. The van der Waals surface area contributed by atoms with Gasteiger partial charge in [0.15, 0.2) is 0 Å². The van der Waals surface area contributed by atoms with E-state index in [9.17, 15) is 4.39 Å². The predicted molar refractivity (Wildman–Crippen MR) is 75.0 cm³/mol. The third-order valence-corrected chi connectivity index (χ3v) is 3.69. The van der Waals surface area contributed by atoms with Gasteiger partial charge in [0, 0.05) is 37.8 Å². The molecule has 1 aliphatic rings. The highest BCUT2D eigenvalue weighted by molar-refractivity contribution is 5.37. The van der Waals surface area contributed by atoms with Crippen molar-refractivity contribution in [3.05, 3.63) is 29.6 Å². The Bertz CT molecular complexity index is 417. The Morgan fingerprint density at radius 1 is 1.26 bits per heavy atom. The summed E-state index contributed by atoms with van der Waals surface area (Å²) < 4.78 is 19.0. The fourth-order valence-electron chi connectivity index (χ4n) is 2.87. The van der Waals surface area contributed by atoms with Gasteiger partial charge in [-0.3, -0.25) is 4.90 Å². The van der Waals surface area contributed by atoms with Crippen LogP contribution in [0.3, 0.4) is 0 Å². The molecule has 0 aromatic heterocycles. The van der Waals surface area contributed by atoms with Crippen LogP contribution in [0.4, 0.5) is 4.39 Å². The first-order valence-corrected chi connectivity index (χ1v) is 6.91. The van der Waals surface area contributed by atoms with Crippen LogP contribution in [-0.4, -0.2) is 38.2 Å². The summed E-state index contributed by atoms with van der Waals surface area (Å²) in [6.45, 7) is 8.31. The molecule has 1 aliphatic heterocycles. The lowest BCUT2D eigenvalue weighted by molar-refractivity contribution is 0.134. The molecule has 1 atom stereocenters. The second kappa shape index (κ2) is 6.35. The fraction of sp³-hybridized carbons (Fsp3) is 0.600. The zero-order valence-corrected chi connectivity index (χ0v) is 11.9. The lowest BCUT2D eigenvalue weighted by Crippen LogP contribution is -2.46. The topological polar surface area (TPSA) is 24.5 Å². The summed E-state index contributed by atoms with van der Waals surface area (Å²) in [5, 5.41) is 3.35. The number of nitrogens with one attached hydrogen (secondary N) is 1. The minimum Gasteiger partial charge on any atom is -0.496 e. The molecule has 0 aliphatic carbocycles. The molecular formula is C15H23FN2O. The minimum absolute atomic E-state index is 0.198. The number of ether oxygens (including phenoxy) is 1. The third kappa shape index (κ3) is 3.25. The normalized spacial score (nSPS) is 18.6. The molecule has 1 aromatic rings. The Kier molecular flexibility index (Phi) is 4.77. The van der Waals surface area contributed by atoms with E-state index in [1.165, 1.54) is 6.07 Å². The van der Waals surface area contributed by atoms with E-state index in [1.54, 1.807) is 19.2 Å². The van der Waals surface area contributed by atoms with Crippen molar-refractivity contribution in [3.63, 3.8) is 0 Å². The van der Waals surface area contributed by atoms with Gasteiger partial charge in [0.2, 0.25) is 0 Å². The van der Waals surface area contributed by atoms with Crippen molar-refractivity contribution in [1.82, 2.24) is 10.2 Å². The zero-order valence-electron chi connectivity index (χ0n) is 11.9. The molecule has 1 unspecified atom stereocenters. The van der Waals surface area contributed by atoms with Gasteiger partial charge in [-0.1, -0.05) is 13.8 Å².